The Morgan fingerprint density at radius 1 is 1.20 bits per heavy atom. The average molecular weight is 561 g/mol. The third kappa shape index (κ3) is 7.42. The van der Waals surface area contributed by atoms with Crippen molar-refractivity contribution in [3.05, 3.63) is 40.2 Å². The number of hydrogen-bond acceptors (Lipinski definition) is 10. The molecular formula is C20H23N7O7Sr. The minimum Gasteiger partial charge on any atom is -0.481 e. The van der Waals surface area contributed by atoms with Crippen LogP contribution in [0.3, 0.4) is 0 Å². The minimum atomic E-state index is -1.55. The van der Waals surface area contributed by atoms with E-state index in [0.717, 1.165) is 0 Å². The first-order valence-corrected chi connectivity index (χ1v) is 10.1. The molecule has 1 aromatic heterocycles. The molecule has 0 aliphatic carbocycles. The van der Waals surface area contributed by atoms with Crippen LogP contribution in [0.15, 0.2) is 29.1 Å². The smallest absolute Gasteiger partial charge is 0.326 e. The summed E-state index contributed by atoms with van der Waals surface area (Å²) in [4.78, 5) is 64.0. The standard InChI is InChI=1S/C20H23N7O7.Sr/c21-20-26-15-14(17(30)27-20)24-12(7-23-15)6-22-11-3-1-9(2-4-11)16(29)25-13(19(33)34)5-10(8-28)18(31)32;/h1-4,8,10,12-13,22,24H,5-7H2,(H,25,29)(H,31,32)(H,33,34)(H4,21,23,26,27,30);/t10?,12?,13-;/m0./s1. The summed E-state index contributed by atoms with van der Waals surface area (Å²) in [5.74, 6) is -4.82. The fourth-order valence-corrected chi connectivity index (χ4v) is 3.26. The largest absolute Gasteiger partial charge is 0.481 e. The van der Waals surface area contributed by atoms with Crippen LogP contribution in [0.5, 0.6) is 0 Å². The summed E-state index contributed by atoms with van der Waals surface area (Å²) in [6, 6.07) is 4.44. The number of aliphatic carboxylic acids is 2. The second kappa shape index (κ2) is 12.5. The molecule has 2 heterocycles. The van der Waals surface area contributed by atoms with Gasteiger partial charge >= 0.3 is 11.9 Å². The van der Waals surface area contributed by atoms with E-state index >= 15 is 0 Å². The van der Waals surface area contributed by atoms with Crippen molar-refractivity contribution in [3.63, 3.8) is 0 Å². The van der Waals surface area contributed by atoms with Gasteiger partial charge in [0, 0.05) is 69.8 Å². The molecule has 35 heavy (non-hydrogen) atoms. The van der Waals surface area contributed by atoms with Gasteiger partial charge in [0.15, 0.2) is 5.82 Å². The summed E-state index contributed by atoms with van der Waals surface area (Å²) in [6.45, 7) is 0.899. The molecule has 3 atom stereocenters. The number of nitrogen functional groups attached to an aromatic ring is 1. The van der Waals surface area contributed by atoms with Crippen LogP contribution in [0.25, 0.3) is 0 Å². The molecule has 15 heteroatoms. The van der Waals surface area contributed by atoms with E-state index < -0.39 is 41.8 Å². The van der Waals surface area contributed by atoms with Crippen molar-refractivity contribution in [2.75, 3.05) is 34.8 Å². The molecule has 9 N–H and O–H groups in total. The molecule has 3 rings (SSSR count). The van der Waals surface area contributed by atoms with Crippen molar-refractivity contribution in [2.45, 2.75) is 18.5 Å². The number of hydrogen-bond donors (Lipinski definition) is 8. The Morgan fingerprint density at radius 3 is 2.49 bits per heavy atom. The number of anilines is 4. The summed E-state index contributed by atoms with van der Waals surface area (Å²) in [7, 11) is 0. The number of carbonyl (C=O) groups is 4. The molecule has 2 aromatic rings. The van der Waals surface area contributed by atoms with E-state index in [0.29, 0.717) is 24.6 Å². The van der Waals surface area contributed by atoms with Crippen LogP contribution in [-0.2, 0) is 14.4 Å². The minimum absolute atomic E-state index is 0. The van der Waals surface area contributed by atoms with Crippen LogP contribution in [0.4, 0.5) is 23.1 Å². The van der Waals surface area contributed by atoms with Crippen LogP contribution in [-0.4, -0.2) is 115 Å². The Labute approximate surface area is 235 Å². The molecule has 0 saturated heterocycles. The molecule has 0 saturated carbocycles. The first-order chi connectivity index (χ1) is 16.2. The molecule has 2 unspecified atom stereocenters. The Hall–Kier alpha value is -3.14. The number of fused-ring (bicyclic) bond motifs is 1. The molecule has 1 aliphatic heterocycles. The number of aromatic nitrogens is 2. The third-order valence-corrected chi connectivity index (χ3v) is 5.08. The summed E-state index contributed by atoms with van der Waals surface area (Å²) in [6.07, 6.45) is -0.446. The number of aromatic amines is 1. The molecule has 2 radical (unpaired) electrons. The topological polar surface area (TPSA) is 229 Å². The maximum atomic E-state index is 12.4. The average Bonchev–Trinajstić information content (AvgIpc) is 2.80. The summed E-state index contributed by atoms with van der Waals surface area (Å²) in [5.41, 5.74) is 6.23. The van der Waals surface area contributed by atoms with E-state index in [-0.39, 0.29) is 75.0 Å². The molecule has 0 bridgehead atoms. The Balaban J connectivity index is 0.00000432. The Morgan fingerprint density at radius 2 is 1.89 bits per heavy atom. The monoisotopic (exact) mass is 561 g/mol. The van der Waals surface area contributed by atoms with E-state index in [1.165, 1.54) is 12.1 Å². The van der Waals surface area contributed by atoms with Crippen molar-refractivity contribution < 1.29 is 29.4 Å². The van der Waals surface area contributed by atoms with Crippen molar-refractivity contribution in [3.8, 4) is 0 Å². The van der Waals surface area contributed by atoms with Gasteiger partial charge in [-0.15, -0.1) is 0 Å². The molecule has 1 amide bonds. The molecule has 182 valence electrons. The predicted molar refractivity (Wildman–Crippen MR) is 127 cm³/mol. The number of H-pyrrole nitrogens is 1. The van der Waals surface area contributed by atoms with Crippen LogP contribution in [0.1, 0.15) is 16.8 Å². The predicted octanol–water partition coefficient (Wildman–Crippen LogP) is -1.24. The number of aldehydes is 1. The number of amides is 1. The van der Waals surface area contributed by atoms with E-state index in [2.05, 4.69) is 31.2 Å². The van der Waals surface area contributed by atoms with Gasteiger partial charge in [-0.2, -0.15) is 4.98 Å². The van der Waals surface area contributed by atoms with Crippen LogP contribution in [0, 0.1) is 5.92 Å². The first kappa shape index (κ1) is 28.1. The van der Waals surface area contributed by atoms with Gasteiger partial charge in [0.2, 0.25) is 5.95 Å². The number of nitrogens with zero attached hydrogens (tertiary/aromatic N) is 1. The normalized spacial score (nSPS) is 15.6. The van der Waals surface area contributed by atoms with E-state index in [9.17, 15) is 29.1 Å². The van der Waals surface area contributed by atoms with Gasteiger partial charge in [-0.25, -0.2) is 4.79 Å². The van der Waals surface area contributed by atoms with Crippen LogP contribution < -0.4 is 32.6 Å². The second-order valence-electron chi connectivity index (χ2n) is 7.54. The number of carboxylic acids is 2. The van der Waals surface area contributed by atoms with Gasteiger partial charge in [-0.3, -0.25) is 19.4 Å². The first-order valence-electron chi connectivity index (χ1n) is 10.1. The van der Waals surface area contributed by atoms with Crippen molar-refractivity contribution in [1.29, 1.82) is 0 Å². The zero-order valence-electron chi connectivity index (χ0n) is 18.4. The SMILES string of the molecule is Nc1nc2c(c(=O)[nH]1)NC(CNc1ccc(C(=O)N[C@@H](CC(C=O)C(=O)O)C(=O)O)cc1)CN2.[Sr]. The van der Waals surface area contributed by atoms with Crippen molar-refractivity contribution in [2.24, 2.45) is 5.92 Å². The van der Waals surface area contributed by atoms with E-state index in [1.54, 1.807) is 12.1 Å². The van der Waals surface area contributed by atoms with Gasteiger partial charge < -0.3 is 42.0 Å². The van der Waals surface area contributed by atoms with Gasteiger partial charge in [0.1, 0.15) is 23.9 Å². The molecule has 0 fully saturated rings. The van der Waals surface area contributed by atoms with Crippen molar-refractivity contribution in [1.82, 2.24) is 15.3 Å². The van der Waals surface area contributed by atoms with Crippen LogP contribution >= 0.6 is 0 Å². The van der Waals surface area contributed by atoms with Gasteiger partial charge in [0.05, 0.1) is 6.04 Å². The summed E-state index contributed by atoms with van der Waals surface area (Å²) >= 11 is 0. The number of nitrogens with two attached hydrogens (primary N) is 1. The number of nitrogens with one attached hydrogen (secondary N) is 5. The molecule has 0 spiro atoms. The number of carbonyl (C=O) groups excluding carboxylic acids is 2. The maximum Gasteiger partial charge on any atom is 0.326 e. The third-order valence-electron chi connectivity index (χ3n) is 5.08. The van der Waals surface area contributed by atoms with Gasteiger partial charge in [0.25, 0.3) is 11.5 Å². The second-order valence-corrected chi connectivity index (χ2v) is 7.54. The maximum absolute atomic E-state index is 12.4. The molecule has 14 nitrogen and oxygen atoms in total. The summed E-state index contributed by atoms with van der Waals surface area (Å²) < 4.78 is 0. The Bertz CT molecular complexity index is 1160. The van der Waals surface area contributed by atoms with Gasteiger partial charge in [-0.1, -0.05) is 0 Å². The molecule has 1 aromatic carbocycles. The van der Waals surface area contributed by atoms with Crippen LogP contribution in [0.2, 0.25) is 0 Å². The number of rotatable bonds is 10. The van der Waals surface area contributed by atoms with Gasteiger partial charge in [-0.05, 0) is 30.7 Å². The fourth-order valence-electron chi connectivity index (χ4n) is 3.26. The molecular weight excluding hydrogens is 538 g/mol. The Kier molecular flexibility index (Phi) is 10.1. The van der Waals surface area contributed by atoms with Crippen molar-refractivity contribution >= 4 is 92.8 Å². The quantitative estimate of drug-likeness (QED) is 0.0969. The van der Waals surface area contributed by atoms with E-state index in [1.807, 2.05) is 0 Å². The molecule has 1 aliphatic rings. The zero-order chi connectivity index (χ0) is 24.8. The zero-order valence-corrected chi connectivity index (χ0v) is 21.9. The fraction of sp³-hybridized carbons (Fsp3) is 0.300. The number of benzene rings is 1. The number of carboxylic acid groups (broad SMARTS) is 2. The summed E-state index contributed by atoms with van der Waals surface area (Å²) in [5, 5.41) is 29.7. The van der Waals surface area contributed by atoms with E-state index in [4.69, 9.17) is 10.8 Å².